The second-order valence-electron chi connectivity index (χ2n) is 5.25. The summed E-state index contributed by atoms with van der Waals surface area (Å²) in [5.74, 6) is 0. The van der Waals surface area contributed by atoms with Gasteiger partial charge in [-0.3, -0.25) is 0 Å². The molecule has 1 saturated heterocycles. The number of alkyl halides is 1. The number of fused-ring (bicyclic) bond motifs is 1. The van der Waals surface area contributed by atoms with Crippen LogP contribution in [0.15, 0.2) is 42.5 Å². The summed E-state index contributed by atoms with van der Waals surface area (Å²) >= 11 is 3.86. The summed E-state index contributed by atoms with van der Waals surface area (Å²) in [4.78, 5) is 0.419. The summed E-state index contributed by atoms with van der Waals surface area (Å²) in [6, 6.07) is 15.2. The van der Waals surface area contributed by atoms with E-state index in [2.05, 4.69) is 58.4 Å². The first kappa shape index (κ1) is 13.1. The molecule has 19 heavy (non-hydrogen) atoms. The van der Waals surface area contributed by atoms with Crippen LogP contribution < -0.4 is 0 Å². The van der Waals surface area contributed by atoms with Crippen molar-refractivity contribution < 1.29 is 4.74 Å². The molecule has 0 bridgehead atoms. The molecule has 2 aromatic rings. The minimum Gasteiger partial charge on any atom is -0.378 e. The van der Waals surface area contributed by atoms with Crippen LogP contribution in [-0.2, 0) is 4.74 Å². The smallest absolute Gasteiger partial charge is 0.0576 e. The Labute approximate surface area is 123 Å². The highest BCUT2D eigenvalue weighted by Gasteiger charge is 2.18. The van der Waals surface area contributed by atoms with Gasteiger partial charge in [0.2, 0.25) is 0 Å². The third kappa shape index (κ3) is 3.01. The third-order valence-electron chi connectivity index (χ3n) is 3.93. The molecule has 100 valence electrons. The Balaban J connectivity index is 1.75. The SMILES string of the molecule is BrC(CCC1CCCO1)c1cccc2ccccc12. The molecule has 1 aliphatic rings. The highest BCUT2D eigenvalue weighted by atomic mass is 79.9. The molecule has 1 nitrogen and oxygen atoms in total. The maximum absolute atomic E-state index is 5.71. The molecule has 1 aliphatic heterocycles. The average Bonchev–Trinajstić information content (AvgIpc) is 2.97. The van der Waals surface area contributed by atoms with Crippen LogP contribution in [0.25, 0.3) is 10.8 Å². The molecule has 0 aliphatic carbocycles. The fourth-order valence-corrected chi connectivity index (χ4v) is 3.55. The van der Waals surface area contributed by atoms with Crippen molar-refractivity contribution in [2.24, 2.45) is 0 Å². The molecule has 2 atom stereocenters. The molecule has 2 unspecified atom stereocenters. The molecule has 0 amide bonds. The van der Waals surface area contributed by atoms with E-state index in [1.807, 2.05) is 0 Å². The summed E-state index contributed by atoms with van der Waals surface area (Å²) in [6.45, 7) is 0.950. The van der Waals surface area contributed by atoms with Gasteiger partial charge in [0.1, 0.15) is 0 Å². The van der Waals surface area contributed by atoms with Crippen molar-refractivity contribution in [3.63, 3.8) is 0 Å². The summed E-state index contributed by atoms with van der Waals surface area (Å²) in [7, 11) is 0. The molecular formula is C17H19BrO. The maximum atomic E-state index is 5.71. The zero-order valence-corrected chi connectivity index (χ0v) is 12.6. The number of rotatable bonds is 4. The van der Waals surface area contributed by atoms with E-state index in [4.69, 9.17) is 4.74 Å². The topological polar surface area (TPSA) is 9.23 Å². The quantitative estimate of drug-likeness (QED) is 0.701. The maximum Gasteiger partial charge on any atom is 0.0576 e. The fraction of sp³-hybridized carbons (Fsp3) is 0.412. The Hall–Kier alpha value is -0.860. The number of hydrogen-bond donors (Lipinski definition) is 0. The van der Waals surface area contributed by atoms with Gasteiger partial charge in [-0.2, -0.15) is 0 Å². The standard InChI is InChI=1S/C17H19BrO/c18-17(11-10-14-7-4-12-19-14)16-9-3-6-13-5-1-2-8-15(13)16/h1-3,5-6,8-9,14,17H,4,7,10-12H2. The van der Waals surface area contributed by atoms with Crippen LogP contribution >= 0.6 is 15.9 Å². The molecule has 2 aromatic carbocycles. The van der Waals surface area contributed by atoms with Crippen molar-refractivity contribution in [2.45, 2.75) is 36.6 Å². The summed E-state index contributed by atoms with van der Waals surface area (Å²) in [5, 5.41) is 2.68. The second kappa shape index (κ2) is 6.06. The highest BCUT2D eigenvalue weighted by molar-refractivity contribution is 9.09. The van der Waals surface area contributed by atoms with Gasteiger partial charge < -0.3 is 4.74 Å². The lowest BCUT2D eigenvalue weighted by Gasteiger charge is -2.15. The Morgan fingerprint density at radius 1 is 1.16 bits per heavy atom. The van der Waals surface area contributed by atoms with Crippen molar-refractivity contribution in [3.8, 4) is 0 Å². The normalized spacial score (nSPS) is 20.8. The largest absolute Gasteiger partial charge is 0.378 e. The second-order valence-corrected chi connectivity index (χ2v) is 6.35. The Morgan fingerprint density at radius 3 is 2.84 bits per heavy atom. The van der Waals surface area contributed by atoms with Gasteiger partial charge in [0.25, 0.3) is 0 Å². The lowest BCUT2D eigenvalue weighted by molar-refractivity contribution is 0.102. The van der Waals surface area contributed by atoms with Crippen molar-refractivity contribution in [3.05, 3.63) is 48.0 Å². The van der Waals surface area contributed by atoms with E-state index in [1.165, 1.54) is 29.2 Å². The van der Waals surface area contributed by atoms with E-state index in [-0.39, 0.29) is 0 Å². The van der Waals surface area contributed by atoms with Crippen LogP contribution in [0.4, 0.5) is 0 Å². The summed E-state index contributed by atoms with van der Waals surface area (Å²) in [6.07, 6.45) is 5.23. The third-order valence-corrected chi connectivity index (χ3v) is 4.88. The molecule has 0 radical (unpaired) electrons. The lowest BCUT2D eigenvalue weighted by atomic mass is 9.99. The van der Waals surface area contributed by atoms with Gasteiger partial charge in [0.05, 0.1) is 6.10 Å². The molecule has 0 saturated carbocycles. The first-order chi connectivity index (χ1) is 9.34. The van der Waals surface area contributed by atoms with Crippen molar-refractivity contribution >= 4 is 26.7 Å². The molecule has 0 spiro atoms. The zero-order valence-electron chi connectivity index (χ0n) is 11.0. The minimum atomic E-state index is 0.419. The van der Waals surface area contributed by atoms with Crippen LogP contribution in [-0.4, -0.2) is 12.7 Å². The Kier molecular flexibility index (Phi) is 4.19. The number of hydrogen-bond acceptors (Lipinski definition) is 1. The van der Waals surface area contributed by atoms with Crippen LogP contribution in [0, 0.1) is 0 Å². The van der Waals surface area contributed by atoms with E-state index >= 15 is 0 Å². The first-order valence-corrected chi connectivity index (χ1v) is 7.99. The summed E-state index contributed by atoms with van der Waals surface area (Å²) in [5.41, 5.74) is 1.40. The van der Waals surface area contributed by atoms with Crippen LogP contribution in [0.2, 0.25) is 0 Å². The Bertz CT molecular complexity index is 540. The van der Waals surface area contributed by atoms with E-state index in [1.54, 1.807) is 0 Å². The average molecular weight is 319 g/mol. The predicted octanol–water partition coefficient (Wildman–Crippen LogP) is 5.24. The van der Waals surface area contributed by atoms with Crippen LogP contribution in [0.1, 0.15) is 36.1 Å². The molecule has 1 fully saturated rings. The van der Waals surface area contributed by atoms with Gasteiger partial charge in [0, 0.05) is 11.4 Å². The molecule has 0 N–H and O–H groups in total. The van der Waals surface area contributed by atoms with Gasteiger partial charge in [-0.05, 0) is 42.0 Å². The van der Waals surface area contributed by atoms with Gasteiger partial charge in [0.15, 0.2) is 0 Å². The predicted molar refractivity (Wildman–Crippen MR) is 83.8 cm³/mol. The van der Waals surface area contributed by atoms with Gasteiger partial charge in [-0.1, -0.05) is 58.4 Å². The number of ether oxygens (including phenoxy) is 1. The molecular weight excluding hydrogens is 300 g/mol. The van der Waals surface area contributed by atoms with Crippen molar-refractivity contribution in [1.29, 1.82) is 0 Å². The van der Waals surface area contributed by atoms with Crippen molar-refractivity contribution in [1.82, 2.24) is 0 Å². The van der Waals surface area contributed by atoms with Crippen molar-refractivity contribution in [2.75, 3.05) is 6.61 Å². The molecule has 3 rings (SSSR count). The number of halogens is 1. The van der Waals surface area contributed by atoms with Gasteiger partial charge in [-0.25, -0.2) is 0 Å². The fourth-order valence-electron chi connectivity index (χ4n) is 2.88. The van der Waals surface area contributed by atoms with Gasteiger partial charge in [-0.15, -0.1) is 0 Å². The molecule has 1 heterocycles. The zero-order chi connectivity index (χ0) is 13.1. The molecule has 2 heteroatoms. The lowest BCUT2D eigenvalue weighted by Crippen LogP contribution is -2.06. The number of benzene rings is 2. The minimum absolute atomic E-state index is 0.419. The van der Waals surface area contributed by atoms with Crippen LogP contribution in [0.3, 0.4) is 0 Å². The monoisotopic (exact) mass is 318 g/mol. The van der Waals surface area contributed by atoms with E-state index in [9.17, 15) is 0 Å². The molecule has 0 aromatic heterocycles. The first-order valence-electron chi connectivity index (χ1n) is 7.08. The van der Waals surface area contributed by atoms with Crippen LogP contribution in [0.5, 0.6) is 0 Å². The van der Waals surface area contributed by atoms with E-state index in [0.717, 1.165) is 19.4 Å². The Morgan fingerprint density at radius 2 is 2.00 bits per heavy atom. The highest BCUT2D eigenvalue weighted by Crippen LogP contribution is 2.34. The van der Waals surface area contributed by atoms with E-state index < -0.39 is 0 Å². The summed E-state index contributed by atoms with van der Waals surface area (Å²) < 4.78 is 5.71. The van der Waals surface area contributed by atoms with Gasteiger partial charge >= 0.3 is 0 Å². The van der Waals surface area contributed by atoms with E-state index in [0.29, 0.717) is 10.9 Å².